The first-order valence-corrected chi connectivity index (χ1v) is 13.6. The fourth-order valence-corrected chi connectivity index (χ4v) is 4.70. The van der Waals surface area contributed by atoms with Gasteiger partial charge in [-0.2, -0.15) is 0 Å². The third-order valence-electron chi connectivity index (χ3n) is 5.84. The summed E-state index contributed by atoms with van der Waals surface area (Å²) in [4.78, 5) is 0. The topological polar surface area (TPSA) is 20.2 Å². The van der Waals surface area contributed by atoms with Gasteiger partial charge in [0.05, 0.1) is 6.10 Å². The molecule has 2 fully saturated rings. The minimum Gasteiger partial charge on any atom is -0.393 e. The molecule has 2 saturated carbocycles. The second-order valence-corrected chi connectivity index (χ2v) is 7.21. The fraction of sp³-hybridized carbons (Fsp3) is 0.931. The summed E-state index contributed by atoms with van der Waals surface area (Å²) in [5.41, 5.74) is 0. The second kappa shape index (κ2) is 33.2. The van der Waals surface area contributed by atoms with Crippen LogP contribution in [-0.4, -0.2) is 11.2 Å². The number of rotatable bonds is 5. The van der Waals surface area contributed by atoms with Crippen molar-refractivity contribution in [3.63, 3.8) is 0 Å². The first-order valence-electron chi connectivity index (χ1n) is 13.6. The highest BCUT2D eigenvalue weighted by Gasteiger charge is 2.52. The molecule has 0 amide bonds. The maximum absolute atomic E-state index is 9.77. The highest BCUT2D eigenvalue weighted by atomic mass is 16.3. The van der Waals surface area contributed by atoms with Crippen LogP contribution in [0.4, 0.5) is 0 Å². The summed E-state index contributed by atoms with van der Waals surface area (Å²) in [6.45, 7) is 27.5. The van der Waals surface area contributed by atoms with Crippen molar-refractivity contribution in [3.05, 3.63) is 0 Å². The monoisotopic (exact) mass is 428 g/mol. The molecule has 0 aliphatic heterocycles. The Morgan fingerprint density at radius 3 is 1.50 bits per heavy atom. The maximum Gasteiger partial charge on any atom is 0.0543 e. The Labute approximate surface area is 195 Å². The van der Waals surface area contributed by atoms with E-state index in [1.54, 1.807) is 0 Å². The molecule has 0 saturated heterocycles. The molecule has 0 radical (unpaired) electrons. The van der Waals surface area contributed by atoms with E-state index in [1.165, 1.54) is 38.5 Å². The molecule has 0 aromatic heterocycles. The molecule has 1 heteroatoms. The second-order valence-electron chi connectivity index (χ2n) is 7.21. The van der Waals surface area contributed by atoms with E-state index in [0.29, 0.717) is 0 Å². The lowest BCUT2D eigenvalue weighted by Crippen LogP contribution is -2.53. The minimum absolute atomic E-state index is 0.0118. The van der Waals surface area contributed by atoms with Crippen molar-refractivity contribution in [1.29, 1.82) is 0 Å². The van der Waals surface area contributed by atoms with E-state index in [9.17, 15) is 5.11 Å². The van der Waals surface area contributed by atoms with E-state index < -0.39 is 0 Å². The summed E-state index contributed by atoms with van der Waals surface area (Å²) < 4.78 is 0. The summed E-state index contributed by atoms with van der Waals surface area (Å²) in [6, 6.07) is 0. The van der Waals surface area contributed by atoms with Gasteiger partial charge in [-0.25, -0.2) is 0 Å². The molecule has 2 rings (SSSR count). The molecule has 6 unspecified atom stereocenters. The largest absolute Gasteiger partial charge is 0.393 e. The van der Waals surface area contributed by atoms with E-state index in [-0.39, 0.29) is 6.10 Å². The summed E-state index contributed by atoms with van der Waals surface area (Å²) in [5, 5.41) is 9.77. The van der Waals surface area contributed by atoms with Crippen LogP contribution in [0.3, 0.4) is 0 Å². The van der Waals surface area contributed by atoms with Crippen molar-refractivity contribution in [3.8, 4) is 12.8 Å². The van der Waals surface area contributed by atoms with E-state index in [4.69, 9.17) is 0 Å². The first-order chi connectivity index (χ1) is 14.6. The van der Waals surface area contributed by atoms with Crippen molar-refractivity contribution in [2.45, 2.75) is 147 Å². The van der Waals surface area contributed by atoms with Gasteiger partial charge in [0.1, 0.15) is 0 Å². The quantitative estimate of drug-likeness (QED) is 0.432. The van der Waals surface area contributed by atoms with Crippen molar-refractivity contribution in [2.24, 2.45) is 29.6 Å². The van der Waals surface area contributed by atoms with E-state index >= 15 is 0 Å². The molecule has 186 valence electrons. The fourth-order valence-electron chi connectivity index (χ4n) is 4.70. The van der Waals surface area contributed by atoms with Crippen LogP contribution >= 0.6 is 0 Å². The normalized spacial score (nSPS) is 25.7. The first kappa shape index (κ1) is 39.9. The highest BCUT2D eigenvalue weighted by molar-refractivity contribution is 5.01. The highest BCUT2D eigenvalue weighted by Crippen LogP contribution is 2.58. The molecule has 0 aromatic carbocycles. The van der Waals surface area contributed by atoms with Gasteiger partial charge in [0, 0.05) is 0 Å². The zero-order valence-corrected chi connectivity index (χ0v) is 23.7. The number of terminal acetylenes is 1. The lowest BCUT2D eigenvalue weighted by molar-refractivity contribution is -0.113. The SMILES string of the molecule is C#C.CC.CC.CC.CC.CCCC.CCCC(C)C1C(CC)C2CC(O)CCC21. The zero-order valence-electron chi connectivity index (χ0n) is 23.7. The third-order valence-corrected chi connectivity index (χ3v) is 5.84. The predicted octanol–water partition coefficient (Wildman–Crippen LogP) is 10.0. The van der Waals surface area contributed by atoms with Crippen molar-refractivity contribution >= 4 is 0 Å². The summed E-state index contributed by atoms with van der Waals surface area (Å²) >= 11 is 0. The number of aliphatic hydroxyl groups is 1. The van der Waals surface area contributed by atoms with Crippen molar-refractivity contribution < 1.29 is 5.11 Å². The van der Waals surface area contributed by atoms with Gasteiger partial charge in [-0.15, -0.1) is 12.8 Å². The summed E-state index contributed by atoms with van der Waals surface area (Å²) in [5.74, 6) is 4.61. The van der Waals surface area contributed by atoms with Crippen molar-refractivity contribution in [2.75, 3.05) is 0 Å². The van der Waals surface area contributed by atoms with Gasteiger partial charge in [0.15, 0.2) is 0 Å². The molecule has 1 nitrogen and oxygen atoms in total. The lowest BCUT2D eigenvalue weighted by Gasteiger charge is -2.58. The molecule has 0 spiro atoms. The molecule has 0 heterocycles. The molecule has 0 aromatic rings. The molecule has 6 atom stereocenters. The Balaban J connectivity index is -0.000000126. The molecule has 30 heavy (non-hydrogen) atoms. The third kappa shape index (κ3) is 16.2. The average Bonchev–Trinajstić information content (AvgIpc) is 2.83. The van der Waals surface area contributed by atoms with Crippen LogP contribution < -0.4 is 0 Å². The molecule has 1 N–H and O–H groups in total. The van der Waals surface area contributed by atoms with E-state index in [2.05, 4.69) is 47.5 Å². The van der Waals surface area contributed by atoms with Gasteiger partial charge in [-0.05, 0) is 48.9 Å². The maximum atomic E-state index is 9.77. The Morgan fingerprint density at radius 1 is 0.733 bits per heavy atom. The zero-order chi connectivity index (χ0) is 25.1. The van der Waals surface area contributed by atoms with Crippen LogP contribution in [0, 0.1) is 42.4 Å². The van der Waals surface area contributed by atoms with Gasteiger partial charge in [0.25, 0.3) is 0 Å². The van der Waals surface area contributed by atoms with Crippen LogP contribution in [0.15, 0.2) is 0 Å². The van der Waals surface area contributed by atoms with E-state index in [1.807, 2.05) is 55.4 Å². The van der Waals surface area contributed by atoms with Crippen LogP contribution in [-0.2, 0) is 0 Å². The van der Waals surface area contributed by atoms with Gasteiger partial charge in [-0.1, -0.05) is 122 Å². The number of hydrogen-bond acceptors (Lipinski definition) is 1. The molecule has 0 bridgehead atoms. The predicted molar refractivity (Wildman–Crippen MR) is 144 cm³/mol. The molecular weight excluding hydrogens is 364 g/mol. The summed E-state index contributed by atoms with van der Waals surface area (Å²) in [6.07, 6.45) is 18.2. The van der Waals surface area contributed by atoms with Crippen LogP contribution in [0.2, 0.25) is 0 Å². The number of unbranched alkanes of at least 4 members (excludes halogenated alkanes) is 1. The van der Waals surface area contributed by atoms with Gasteiger partial charge < -0.3 is 5.11 Å². The van der Waals surface area contributed by atoms with Crippen molar-refractivity contribution in [1.82, 2.24) is 0 Å². The van der Waals surface area contributed by atoms with Gasteiger partial charge >= 0.3 is 0 Å². The van der Waals surface area contributed by atoms with Crippen LogP contribution in [0.1, 0.15) is 141 Å². The smallest absolute Gasteiger partial charge is 0.0543 e. The Kier molecular flexibility index (Phi) is 44.2. The molecule has 2 aliphatic rings. The average molecular weight is 429 g/mol. The summed E-state index contributed by atoms with van der Waals surface area (Å²) in [7, 11) is 0. The van der Waals surface area contributed by atoms with Gasteiger partial charge in [0.2, 0.25) is 0 Å². The Bertz CT molecular complexity index is 275. The molecule has 2 aliphatic carbocycles. The van der Waals surface area contributed by atoms with E-state index in [0.717, 1.165) is 42.4 Å². The van der Waals surface area contributed by atoms with Gasteiger partial charge in [-0.3, -0.25) is 0 Å². The van der Waals surface area contributed by atoms with Crippen LogP contribution in [0.25, 0.3) is 0 Å². The van der Waals surface area contributed by atoms with Crippen LogP contribution in [0.5, 0.6) is 0 Å². The number of fused-ring (bicyclic) bond motifs is 1. The lowest BCUT2D eigenvalue weighted by atomic mass is 9.47. The Morgan fingerprint density at radius 2 is 1.17 bits per heavy atom. The number of hydrogen-bond donors (Lipinski definition) is 1. The Hall–Kier alpha value is -0.480. The number of aliphatic hydroxyl groups excluding tert-OH is 1. The molecular formula is C29H64O. The minimum atomic E-state index is 0.0118. The standard InChI is InChI=1S/C15H28O.C4H10.4C2H6.C2H2/c1-4-6-10(3)15-12(5-2)14-9-11(16)7-8-13(14)15;1-3-4-2;5*1-2/h10-16H,4-9H2,1-3H3;3-4H2,1-2H3;4*1-2H3;1-2H.